The minimum atomic E-state index is -0.440. The minimum Gasteiger partial charge on any atom is -0.258 e. The molecular formula is C9H6BrNO2. The Balaban J connectivity index is 3.12. The normalized spacial score (nSPS) is 9.23. The summed E-state index contributed by atoms with van der Waals surface area (Å²) in [6.45, 7) is 0. The van der Waals surface area contributed by atoms with E-state index in [-0.39, 0.29) is 5.69 Å². The molecule has 66 valence electrons. The molecule has 3 nitrogen and oxygen atoms in total. The number of halogens is 1. The second kappa shape index (κ2) is 4.06. The number of non-ortho nitro benzene ring substituents is 1. The van der Waals surface area contributed by atoms with Crippen molar-refractivity contribution in [2.24, 2.45) is 0 Å². The Hall–Kier alpha value is -1.34. The fourth-order valence-corrected chi connectivity index (χ4v) is 1.49. The second-order valence-electron chi connectivity index (χ2n) is 2.46. The monoisotopic (exact) mass is 239 g/mol. The van der Waals surface area contributed by atoms with Gasteiger partial charge in [-0.1, -0.05) is 15.9 Å². The highest BCUT2D eigenvalue weighted by Gasteiger charge is 2.07. The van der Waals surface area contributed by atoms with Crippen molar-refractivity contribution in [1.82, 2.24) is 0 Å². The minimum absolute atomic E-state index is 0.0552. The zero-order valence-corrected chi connectivity index (χ0v) is 8.24. The summed E-state index contributed by atoms with van der Waals surface area (Å²) in [5, 5.41) is 10.4. The largest absolute Gasteiger partial charge is 0.270 e. The van der Waals surface area contributed by atoms with Crippen LogP contribution in [0.15, 0.2) is 22.7 Å². The molecule has 0 saturated carbocycles. The van der Waals surface area contributed by atoms with E-state index in [0.717, 1.165) is 5.56 Å². The highest BCUT2D eigenvalue weighted by molar-refractivity contribution is 9.10. The molecule has 1 aromatic carbocycles. The average Bonchev–Trinajstić information content (AvgIpc) is 2.03. The predicted molar refractivity (Wildman–Crippen MR) is 53.3 cm³/mol. The van der Waals surface area contributed by atoms with E-state index in [9.17, 15) is 10.1 Å². The van der Waals surface area contributed by atoms with Gasteiger partial charge >= 0.3 is 0 Å². The molecule has 0 aliphatic heterocycles. The van der Waals surface area contributed by atoms with Crippen LogP contribution in [-0.2, 0) is 6.42 Å². The number of terminal acetylenes is 1. The fraction of sp³-hybridized carbons (Fsp3) is 0.111. The Kier molecular flexibility index (Phi) is 3.04. The molecule has 0 saturated heterocycles. The third-order valence-corrected chi connectivity index (χ3v) is 1.92. The van der Waals surface area contributed by atoms with Crippen molar-refractivity contribution in [1.29, 1.82) is 0 Å². The first-order valence-corrected chi connectivity index (χ1v) is 4.30. The Bertz CT molecular complexity index is 382. The quantitative estimate of drug-likeness (QED) is 0.453. The lowest BCUT2D eigenvalue weighted by Crippen LogP contribution is -1.90. The first-order valence-electron chi connectivity index (χ1n) is 3.51. The summed E-state index contributed by atoms with van der Waals surface area (Å²) in [4.78, 5) is 10.0. The number of nitrogens with zero attached hydrogens (tertiary/aromatic N) is 1. The van der Waals surface area contributed by atoms with E-state index in [1.54, 1.807) is 6.07 Å². The lowest BCUT2D eigenvalue weighted by Gasteiger charge is -1.97. The molecule has 0 atom stereocenters. The van der Waals surface area contributed by atoms with Crippen molar-refractivity contribution in [3.05, 3.63) is 38.3 Å². The molecule has 0 heterocycles. The van der Waals surface area contributed by atoms with E-state index >= 15 is 0 Å². The first-order chi connectivity index (χ1) is 6.13. The lowest BCUT2D eigenvalue weighted by atomic mass is 10.1. The van der Waals surface area contributed by atoms with Gasteiger partial charge in [0.1, 0.15) is 0 Å². The van der Waals surface area contributed by atoms with Crippen LogP contribution in [0.2, 0.25) is 0 Å². The van der Waals surface area contributed by atoms with Gasteiger partial charge in [-0.3, -0.25) is 10.1 Å². The standard InChI is InChI=1S/C9H6BrNO2/c1-2-3-7-4-8(10)6-9(5-7)11(12)13/h1,4-6H,3H2. The highest BCUT2D eigenvalue weighted by atomic mass is 79.9. The van der Waals surface area contributed by atoms with E-state index < -0.39 is 4.92 Å². The third-order valence-electron chi connectivity index (χ3n) is 1.46. The summed E-state index contributed by atoms with van der Waals surface area (Å²) in [6, 6.07) is 4.69. The number of nitro groups is 1. The summed E-state index contributed by atoms with van der Waals surface area (Å²) in [5.74, 6) is 2.43. The predicted octanol–water partition coefficient (Wildman–Crippen LogP) is 2.53. The van der Waals surface area contributed by atoms with Crippen LogP contribution in [0.5, 0.6) is 0 Å². The van der Waals surface area contributed by atoms with Crippen LogP contribution >= 0.6 is 15.9 Å². The van der Waals surface area contributed by atoms with Crippen molar-refractivity contribution in [2.75, 3.05) is 0 Å². The molecule has 1 aromatic rings. The first kappa shape index (κ1) is 9.75. The van der Waals surface area contributed by atoms with Gasteiger partial charge in [0, 0.05) is 23.0 Å². The molecule has 0 fully saturated rings. The number of hydrogen-bond donors (Lipinski definition) is 0. The van der Waals surface area contributed by atoms with Gasteiger partial charge in [-0.25, -0.2) is 0 Å². The maximum Gasteiger partial charge on any atom is 0.270 e. The van der Waals surface area contributed by atoms with E-state index in [1.165, 1.54) is 12.1 Å². The average molecular weight is 240 g/mol. The maximum atomic E-state index is 10.4. The number of hydrogen-bond acceptors (Lipinski definition) is 2. The smallest absolute Gasteiger partial charge is 0.258 e. The van der Waals surface area contributed by atoms with E-state index in [0.29, 0.717) is 10.9 Å². The van der Waals surface area contributed by atoms with E-state index in [2.05, 4.69) is 21.9 Å². The summed E-state index contributed by atoms with van der Waals surface area (Å²) >= 11 is 3.18. The van der Waals surface area contributed by atoms with E-state index in [4.69, 9.17) is 6.42 Å². The molecule has 4 heteroatoms. The Labute approximate surface area is 84.0 Å². The molecule has 0 unspecified atom stereocenters. The van der Waals surface area contributed by atoms with Crippen molar-refractivity contribution in [3.63, 3.8) is 0 Å². The molecule has 0 aliphatic carbocycles. The number of benzene rings is 1. The zero-order valence-electron chi connectivity index (χ0n) is 6.66. The SMILES string of the molecule is C#CCc1cc(Br)cc([N+](=O)[O-])c1. The molecule has 13 heavy (non-hydrogen) atoms. The van der Waals surface area contributed by atoms with Crippen LogP contribution in [0.1, 0.15) is 5.56 Å². The van der Waals surface area contributed by atoms with Gasteiger partial charge in [0.15, 0.2) is 0 Å². The lowest BCUT2D eigenvalue weighted by molar-refractivity contribution is -0.385. The van der Waals surface area contributed by atoms with Gasteiger partial charge in [-0.15, -0.1) is 12.3 Å². The summed E-state index contributed by atoms with van der Waals surface area (Å²) in [6.07, 6.45) is 5.50. The third kappa shape index (κ3) is 2.56. The fourth-order valence-electron chi connectivity index (χ4n) is 0.959. The van der Waals surface area contributed by atoms with Crippen LogP contribution < -0.4 is 0 Å². The van der Waals surface area contributed by atoms with Gasteiger partial charge in [0.05, 0.1) is 4.92 Å². The van der Waals surface area contributed by atoms with Crippen LogP contribution in [0, 0.1) is 22.5 Å². The van der Waals surface area contributed by atoms with E-state index in [1.807, 2.05) is 0 Å². The molecule has 0 aromatic heterocycles. The van der Waals surface area contributed by atoms with Crippen LogP contribution in [0.4, 0.5) is 5.69 Å². The van der Waals surface area contributed by atoms with Crippen molar-refractivity contribution >= 4 is 21.6 Å². The molecule has 0 N–H and O–H groups in total. The Morgan fingerprint density at radius 2 is 2.23 bits per heavy atom. The Morgan fingerprint density at radius 1 is 1.54 bits per heavy atom. The summed E-state index contributed by atoms with van der Waals surface area (Å²) in [5.41, 5.74) is 0.822. The molecule has 0 spiro atoms. The zero-order chi connectivity index (χ0) is 9.84. The van der Waals surface area contributed by atoms with Gasteiger partial charge in [0.2, 0.25) is 0 Å². The molecule has 1 rings (SSSR count). The summed E-state index contributed by atoms with van der Waals surface area (Å²) in [7, 11) is 0. The number of nitro benzene ring substituents is 1. The van der Waals surface area contributed by atoms with Gasteiger partial charge < -0.3 is 0 Å². The second-order valence-corrected chi connectivity index (χ2v) is 3.37. The molecule has 0 amide bonds. The van der Waals surface area contributed by atoms with Crippen LogP contribution in [0.25, 0.3) is 0 Å². The Morgan fingerprint density at radius 3 is 2.77 bits per heavy atom. The van der Waals surface area contributed by atoms with Crippen LogP contribution in [0.3, 0.4) is 0 Å². The molecular weight excluding hydrogens is 234 g/mol. The number of rotatable bonds is 2. The highest BCUT2D eigenvalue weighted by Crippen LogP contribution is 2.21. The topological polar surface area (TPSA) is 43.1 Å². The van der Waals surface area contributed by atoms with Crippen molar-refractivity contribution in [2.45, 2.75) is 6.42 Å². The maximum absolute atomic E-state index is 10.4. The molecule has 0 radical (unpaired) electrons. The molecule has 0 bridgehead atoms. The van der Waals surface area contributed by atoms with Crippen molar-refractivity contribution in [3.8, 4) is 12.3 Å². The van der Waals surface area contributed by atoms with Gasteiger partial charge in [0.25, 0.3) is 5.69 Å². The van der Waals surface area contributed by atoms with Gasteiger partial charge in [-0.2, -0.15) is 0 Å². The van der Waals surface area contributed by atoms with Crippen LogP contribution in [-0.4, -0.2) is 4.92 Å². The van der Waals surface area contributed by atoms with Crippen molar-refractivity contribution < 1.29 is 4.92 Å². The molecule has 0 aliphatic rings. The summed E-state index contributed by atoms with van der Waals surface area (Å²) < 4.78 is 0.673. The van der Waals surface area contributed by atoms with Gasteiger partial charge in [-0.05, 0) is 11.6 Å².